The van der Waals surface area contributed by atoms with E-state index in [0.29, 0.717) is 5.69 Å². The molecule has 0 aliphatic rings. The average Bonchev–Trinajstić information content (AvgIpc) is 2.51. The molecule has 0 bridgehead atoms. The van der Waals surface area contributed by atoms with Crippen LogP contribution in [0.5, 0.6) is 0 Å². The molecule has 0 fully saturated rings. The predicted molar refractivity (Wildman–Crippen MR) is 90.2 cm³/mol. The largest absolute Gasteiger partial charge is 0.325 e. The van der Waals surface area contributed by atoms with Crippen molar-refractivity contribution in [3.63, 3.8) is 0 Å². The normalized spacial score (nSPS) is 10.2. The average molecular weight is 332 g/mol. The first-order chi connectivity index (χ1) is 11.0. The molecule has 2 N–H and O–H groups in total. The van der Waals surface area contributed by atoms with Crippen LogP contribution in [0.3, 0.4) is 0 Å². The second kappa shape index (κ2) is 7.78. The Balaban J connectivity index is 1.84. The van der Waals surface area contributed by atoms with Crippen LogP contribution in [0.15, 0.2) is 47.4 Å². The van der Waals surface area contributed by atoms with E-state index in [4.69, 9.17) is 0 Å². The number of amides is 3. The summed E-state index contributed by atoms with van der Waals surface area (Å²) in [5, 5.41) is 4.93. The SMILES string of the molecule is Cc1cccc(NC(=O)NC(=O)CSc2ccc(F)cc2)c1C. The molecule has 0 saturated heterocycles. The molecule has 3 amide bonds. The van der Waals surface area contributed by atoms with Gasteiger partial charge in [-0.2, -0.15) is 0 Å². The van der Waals surface area contributed by atoms with E-state index in [0.717, 1.165) is 16.0 Å². The number of carbonyl (C=O) groups excluding carboxylic acids is 2. The van der Waals surface area contributed by atoms with Gasteiger partial charge in [-0.05, 0) is 55.3 Å². The van der Waals surface area contributed by atoms with Gasteiger partial charge in [-0.15, -0.1) is 11.8 Å². The minimum Gasteiger partial charge on any atom is -0.307 e. The van der Waals surface area contributed by atoms with Crippen LogP contribution in [-0.4, -0.2) is 17.7 Å². The number of rotatable bonds is 4. The van der Waals surface area contributed by atoms with Crippen LogP contribution in [0, 0.1) is 19.7 Å². The molecular weight excluding hydrogens is 315 g/mol. The van der Waals surface area contributed by atoms with Gasteiger partial charge in [-0.3, -0.25) is 10.1 Å². The maximum atomic E-state index is 12.8. The maximum Gasteiger partial charge on any atom is 0.325 e. The highest BCUT2D eigenvalue weighted by atomic mass is 32.2. The Labute approximate surface area is 138 Å². The molecule has 0 saturated carbocycles. The first-order valence-corrected chi connectivity index (χ1v) is 7.99. The third kappa shape index (κ3) is 5.10. The summed E-state index contributed by atoms with van der Waals surface area (Å²) in [7, 11) is 0. The summed E-state index contributed by atoms with van der Waals surface area (Å²) in [5.41, 5.74) is 2.68. The van der Waals surface area contributed by atoms with Crippen molar-refractivity contribution in [3.8, 4) is 0 Å². The van der Waals surface area contributed by atoms with Crippen molar-refractivity contribution in [2.24, 2.45) is 0 Å². The Morgan fingerprint density at radius 2 is 1.78 bits per heavy atom. The topological polar surface area (TPSA) is 58.2 Å². The number of halogens is 1. The maximum absolute atomic E-state index is 12.8. The molecule has 0 heterocycles. The molecule has 23 heavy (non-hydrogen) atoms. The van der Waals surface area contributed by atoms with Crippen LogP contribution in [0.2, 0.25) is 0 Å². The molecule has 2 aromatic carbocycles. The number of imide groups is 1. The fourth-order valence-electron chi connectivity index (χ4n) is 1.88. The molecule has 0 aliphatic heterocycles. The molecule has 2 rings (SSSR count). The number of hydrogen-bond acceptors (Lipinski definition) is 3. The number of hydrogen-bond donors (Lipinski definition) is 2. The number of aryl methyl sites for hydroxylation is 1. The van der Waals surface area contributed by atoms with Crippen LogP contribution in [-0.2, 0) is 4.79 Å². The molecule has 6 heteroatoms. The van der Waals surface area contributed by atoms with Crippen molar-refractivity contribution in [3.05, 3.63) is 59.4 Å². The van der Waals surface area contributed by atoms with Crippen molar-refractivity contribution in [2.45, 2.75) is 18.7 Å². The van der Waals surface area contributed by atoms with Gasteiger partial charge in [0.1, 0.15) is 5.82 Å². The van der Waals surface area contributed by atoms with Gasteiger partial charge in [-0.1, -0.05) is 12.1 Å². The lowest BCUT2D eigenvalue weighted by atomic mass is 10.1. The second-order valence-electron chi connectivity index (χ2n) is 4.99. The van der Waals surface area contributed by atoms with E-state index in [9.17, 15) is 14.0 Å². The Kier molecular flexibility index (Phi) is 5.76. The van der Waals surface area contributed by atoms with E-state index in [-0.39, 0.29) is 11.6 Å². The standard InChI is InChI=1S/C17H17FN2O2S/c1-11-4-3-5-15(12(11)2)19-17(22)20-16(21)10-23-14-8-6-13(18)7-9-14/h3-9H,10H2,1-2H3,(H2,19,20,21,22). The van der Waals surface area contributed by atoms with E-state index >= 15 is 0 Å². The van der Waals surface area contributed by atoms with E-state index in [1.165, 1.54) is 23.9 Å². The summed E-state index contributed by atoms with van der Waals surface area (Å²) < 4.78 is 12.8. The van der Waals surface area contributed by atoms with Crippen molar-refractivity contribution in [2.75, 3.05) is 11.1 Å². The summed E-state index contributed by atoms with van der Waals surface area (Å²) in [6, 6.07) is 10.8. The van der Waals surface area contributed by atoms with Gasteiger partial charge in [0.2, 0.25) is 5.91 Å². The van der Waals surface area contributed by atoms with Crippen molar-refractivity contribution in [1.29, 1.82) is 0 Å². The third-order valence-electron chi connectivity index (χ3n) is 3.29. The number of carbonyl (C=O) groups is 2. The lowest BCUT2D eigenvalue weighted by Crippen LogP contribution is -2.35. The Morgan fingerprint density at radius 3 is 2.48 bits per heavy atom. The Morgan fingerprint density at radius 1 is 1.09 bits per heavy atom. The Hall–Kier alpha value is -2.34. The van der Waals surface area contributed by atoms with E-state index in [1.54, 1.807) is 18.2 Å². The summed E-state index contributed by atoms with van der Waals surface area (Å²) in [6.45, 7) is 3.85. The van der Waals surface area contributed by atoms with Gasteiger partial charge < -0.3 is 5.32 Å². The van der Waals surface area contributed by atoms with Gasteiger partial charge in [0.05, 0.1) is 5.75 Å². The fraction of sp³-hybridized carbons (Fsp3) is 0.176. The van der Waals surface area contributed by atoms with Crippen molar-refractivity contribution < 1.29 is 14.0 Å². The minimum atomic E-state index is -0.566. The molecule has 0 aliphatic carbocycles. The zero-order chi connectivity index (χ0) is 16.8. The molecule has 0 unspecified atom stereocenters. The summed E-state index contributed by atoms with van der Waals surface area (Å²) in [4.78, 5) is 24.4. The third-order valence-corrected chi connectivity index (χ3v) is 4.30. The predicted octanol–water partition coefficient (Wildman–Crippen LogP) is 3.88. The quantitative estimate of drug-likeness (QED) is 0.835. The van der Waals surface area contributed by atoms with E-state index < -0.39 is 11.9 Å². The number of nitrogens with one attached hydrogen (secondary N) is 2. The Bertz CT molecular complexity index is 717. The zero-order valence-electron chi connectivity index (χ0n) is 12.9. The smallest absolute Gasteiger partial charge is 0.307 e. The van der Waals surface area contributed by atoms with Gasteiger partial charge in [0.15, 0.2) is 0 Å². The lowest BCUT2D eigenvalue weighted by Gasteiger charge is -2.10. The summed E-state index contributed by atoms with van der Waals surface area (Å²) >= 11 is 1.23. The van der Waals surface area contributed by atoms with Gasteiger partial charge >= 0.3 is 6.03 Å². The monoisotopic (exact) mass is 332 g/mol. The van der Waals surface area contributed by atoms with Crippen LogP contribution in [0.1, 0.15) is 11.1 Å². The van der Waals surface area contributed by atoms with Crippen LogP contribution < -0.4 is 10.6 Å². The summed E-state index contributed by atoms with van der Waals surface area (Å²) in [6.07, 6.45) is 0. The van der Waals surface area contributed by atoms with E-state index in [2.05, 4.69) is 10.6 Å². The van der Waals surface area contributed by atoms with Gasteiger partial charge in [0.25, 0.3) is 0 Å². The number of anilines is 1. The van der Waals surface area contributed by atoms with Crippen molar-refractivity contribution >= 4 is 29.4 Å². The molecule has 0 radical (unpaired) electrons. The zero-order valence-corrected chi connectivity index (χ0v) is 13.7. The molecule has 0 atom stereocenters. The first kappa shape index (κ1) is 17.0. The molecule has 0 spiro atoms. The molecule has 120 valence electrons. The van der Waals surface area contributed by atoms with Crippen LogP contribution in [0.25, 0.3) is 0 Å². The highest BCUT2D eigenvalue weighted by Crippen LogP contribution is 2.19. The minimum absolute atomic E-state index is 0.0752. The second-order valence-corrected chi connectivity index (χ2v) is 6.04. The van der Waals surface area contributed by atoms with E-state index in [1.807, 2.05) is 26.0 Å². The molecule has 0 aromatic heterocycles. The van der Waals surface area contributed by atoms with Crippen LogP contribution in [0.4, 0.5) is 14.9 Å². The molecule has 4 nitrogen and oxygen atoms in total. The number of thioether (sulfide) groups is 1. The number of urea groups is 1. The lowest BCUT2D eigenvalue weighted by molar-refractivity contribution is -0.117. The fourth-order valence-corrected chi connectivity index (χ4v) is 2.58. The number of benzene rings is 2. The van der Waals surface area contributed by atoms with Gasteiger partial charge in [-0.25, -0.2) is 9.18 Å². The van der Waals surface area contributed by atoms with Gasteiger partial charge in [0, 0.05) is 10.6 Å². The highest BCUT2D eigenvalue weighted by molar-refractivity contribution is 8.00. The van der Waals surface area contributed by atoms with Crippen molar-refractivity contribution in [1.82, 2.24) is 5.32 Å². The first-order valence-electron chi connectivity index (χ1n) is 7.01. The molecule has 2 aromatic rings. The van der Waals surface area contributed by atoms with Crippen LogP contribution >= 0.6 is 11.8 Å². The highest BCUT2D eigenvalue weighted by Gasteiger charge is 2.10. The molecular formula is C17H17FN2O2S. The summed E-state index contributed by atoms with van der Waals surface area (Å²) in [5.74, 6) is -0.667.